The van der Waals surface area contributed by atoms with Crippen LogP contribution >= 0.6 is 11.6 Å². The molecule has 2 aromatic heterocycles. The molecule has 5 rings (SSSR count). The molecule has 1 aliphatic heterocycles. The maximum atomic E-state index is 12.6. The fraction of sp³-hybridized carbons (Fsp3) is 0.346. The topological polar surface area (TPSA) is 76.2 Å². The van der Waals surface area contributed by atoms with Crippen LogP contribution in [0.4, 0.5) is 0 Å². The van der Waals surface area contributed by atoms with Crippen LogP contribution in [0.25, 0.3) is 28.3 Å². The summed E-state index contributed by atoms with van der Waals surface area (Å²) in [6.07, 6.45) is 4.84. The average Bonchev–Trinajstić information content (AvgIpc) is 3.46. The number of benzene rings is 2. The molecule has 0 spiro atoms. The Hall–Kier alpha value is -3.16. The number of aryl methyl sites for hydroxylation is 1. The Labute approximate surface area is 203 Å². The fourth-order valence-electron chi connectivity index (χ4n) is 4.57. The van der Waals surface area contributed by atoms with Crippen LogP contribution in [0.2, 0.25) is 5.02 Å². The molecule has 1 amide bonds. The first-order valence-electron chi connectivity index (χ1n) is 11.7. The van der Waals surface area contributed by atoms with Gasteiger partial charge in [-0.3, -0.25) is 9.36 Å². The van der Waals surface area contributed by atoms with E-state index in [1.54, 1.807) is 6.33 Å². The zero-order chi connectivity index (χ0) is 23.5. The third kappa shape index (κ3) is 5.00. The van der Waals surface area contributed by atoms with Crippen molar-refractivity contribution >= 4 is 28.5 Å². The Morgan fingerprint density at radius 3 is 2.85 bits per heavy atom. The Balaban J connectivity index is 1.35. The molecule has 1 N–H and O–H groups in total. The Bertz CT molecular complexity index is 1280. The third-order valence-electron chi connectivity index (χ3n) is 6.35. The second kappa shape index (κ2) is 9.99. The van der Waals surface area contributed by atoms with Crippen LogP contribution in [0.5, 0.6) is 0 Å². The predicted molar refractivity (Wildman–Crippen MR) is 133 cm³/mol. The minimum atomic E-state index is 0.0290. The number of imidazole rings is 1. The van der Waals surface area contributed by atoms with Gasteiger partial charge in [-0.15, -0.1) is 0 Å². The van der Waals surface area contributed by atoms with Gasteiger partial charge >= 0.3 is 6.01 Å². The van der Waals surface area contributed by atoms with Crippen molar-refractivity contribution in [2.45, 2.75) is 25.7 Å². The van der Waals surface area contributed by atoms with Crippen LogP contribution in [0.1, 0.15) is 25.0 Å². The van der Waals surface area contributed by atoms with Crippen molar-refractivity contribution in [1.82, 2.24) is 24.8 Å². The number of hydrogen-bond acceptors (Lipinski definition) is 5. The number of hydrogen-bond donors (Lipinski definition) is 1. The molecular weight excluding hydrogens is 450 g/mol. The lowest BCUT2D eigenvalue weighted by atomic mass is 9.98. The summed E-state index contributed by atoms with van der Waals surface area (Å²) in [6, 6.07) is 15.7. The number of nitrogens with zero attached hydrogens (tertiary/aromatic N) is 4. The van der Waals surface area contributed by atoms with Crippen LogP contribution in [0, 0.1) is 5.92 Å². The lowest BCUT2D eigenvalue weighted by Crippen LogP contribution is -2.39. The highest BCUT2D eigenvalue weighted by atomic mass is 35.5. The number of carbonyl (C=O) groups is 1. The molecule has 0 radical (unpaired) electrons. The minimum absolute atomic E-state index is 0.0290. The van der Waals surface area contributed by atoms with Gasteiger partial charge in [0, 0.05) is 36.5 Å². The Morgan fingerprint density at radius 2 is 2.03 bits per heavy atom. The van der Waals surface area contributed by atoms with Crippen molar-refractivity contribution in [1.29, 1.82) is 0 Å². The first-order chi connectivity index (χ1) is 16.6. The normalized spacial score (nSPS) is 16.7. The number of fused-ring (bicyclic) bond motifs is 1. The highest BCUT2D eigenvalue weighted by molar-refractivity contribution is 6.30. The molecule has 2 aromatic carbocycles. The summed E-state index contributed by atoms with van der Waals surface area (Å²) in [5, 5.41) is 3.76. The number of para-hydroxylation sites is 2. The third-order valence-corrected chi connectivity index (χ3v) is 6.60. The zero-order valence-corrected chi connectivity index (χ0v) is 20.0. The van der Waals surface area contributed by atoms with Gasteiger partial charge in [-0.25, -0.2) is 4.98 Å². The first-order valence-corrected chi connectivity index (χ1v) is 12.1. The lowest BCUT2D eigenvalue weighted by molar-refractivity contribution is -0.121. The molecule has 8 heteroatoms. The molecule has 3 heterocycles. The van der Waals surface area contributed by atoms with E-state index in [-0.39, 0.29) is 5.91 Å². The molecule has 0 aliphatic carbocycles. The van der Waals surface area contributed by atoms with Crippen molar-refractivity contribution in [3.63, 3.8) is 0 Å². The summed E-state index contributed by atoms with van der Waals surface area (Å²) >= 11 is 6.09. The van der Waals surface area contributed by atoms with E-state index in [4.69, 9.17) is 21.0 Å². The van der Waals surface area contributed by atoms with E-state index in [0.29, 0.717) is 41.3 Å². The molecule has 7 nitrogen and oxygen atoms in total. The Morgan fingerprint density at radius 1 is 1.21 bits per heavy atom. The van der Waals surface area contributed by atoms with Gasteiger partial charge in [-0.2, -0.15) is 4.98 Å². The maximum Gasteiger partial charge on any atom is 0.308 e. The highest BCUT2D eigenvalue weighted by Gasteiger charge is 2.20. The standard InChI is InChI=1S/C26H28ClN5O2/c1-31-14-4-5-18(16-31)15-28-24(33)13-12-23-25(19-8-10-20(27)11-9-19)30-26(34-23)32-17-29-21-6-2-3-7-22(21)32/h2-3,6-11,17-18H,4-5,12-16H2,1H3,(H,28,33). The molecule has 1 fully saturated rings. The summed E-state index contributed by atoms with van der Waals surface area (Å²) in [7, 11) is 2.14. The zero-order valence-electron chi connectivity index (χ0n) is 19.2. The highest BCUT2D eigenvalue weighted by Crippen LogP contribution is 2.29. The van der Waals surface area contributed by atoms with Gasteiger partial charge in [-0.05, 0) is 56.6 Å². The number of aromatic nitrogens is 3. The predicted octanol–water partition coefficient (Wildman–Crippen LogP) is 4.72. The van der Waals surface area contributed by atoms with E-state index in [1.807, 2.05) is 53.1 Å². The summed E-state index contributed by atoms with van der Waals surface area (Å²) in [5.74, 6) is 1.21. The van der Waals surface area contributed by atoms with Crippen molar-refractivity contribution in [3.05, 3.63) is 65.6 Å². The SMILES string of the molecule is CN1CCCC(CNC(=O)CCc2oc(-n3cnc4ccccc43)nc2-c2ccc(Cl)cc2)C1. The molecule has 34 heavy (non-hydrogen) atoms. The van der Waals surface area contributed by atoms with E-state index in [2.05, 4.69) is 22.2 Å². The van der Waals surface area contributed by atoms with Gasteiger partial charge in [0.15, 0.2) is 0 Å². The van der Waals surface area contributed by atoms with Crippen LogP contribution < -0.4 is 5.32 Å². The minimum Gasteiger partial charge on any atom is -0.427 e. The number of piperidine rings is 1. The largest absolute Gasteiger partial charge is 0.427 e. The first kappa shape index (κ1) is 22.6. The van der Waals surface area contributed by atoms with E-state index in [0.717, 1.165) is 42.7 Å². The summed E-state index contributed by atoms with van der Waals surface area (Å²) in [6.45, 7) is 2.89. The van der Waals surface area contributed by atoms with Crippen molar-refractivity contribution in [2.75, 3.05) is 26.7 Å². The summed E-state index contributed by atoms with van der Waals surface area (Å²) in [5.41, 5.74) is 3.38. The number of amides is 1. The average molecular weight is 478 g/mol. The van der Waals surface area contributed by atoms with E-state index in [1.165, 1.54) is 6.42 Å². The molecule has 1 unspecified atom stereocenters. The van der Waals surface area contributed by atoms with Gasteiger partial charge in [0.2, 0.25) is 5.91 Å². The quantitative estimate of drug-likeness (QED) is 0.416. The molecule has 1 aliphatic rings. The van der Waals surface area contributed by atoms with Crippen molar-refractivity contribution < 1.29 is 9.21 Å². The number of carbonyl (C=O) groups excluding carboxylic acids is 1. The van der Waals surface area contributed by atoms with Gasteiger partial charge in [0.05, 0.1) is 11.0 Å². The monoisotopic (exact) mass is 477 g/mol. The van der Waals surface area contributed by atoms with Crippen LogP contribution in [-0.4, -0.2) is 52.0 Å². The van der Waals surface area contributed by atoms with Gasteiger partial charge in [0.25, 0.3) is 0 Å². The molecule has 4 aromatic rings. The maximum absolute atomic E-state index is 12.6. The molecule has 1 atom stereocenters. The second-order valence-corrected chi connectivity index (χ2v) is 9.39. The van der Waals surface area contributed by atoms with Crippen LogP contribution in [0.15, 0.2) is 59.3 Å². The number of likely N-dealkylation sites (tertiary alicyclic amines) is 1. The van der Waals surface area contributed by atoms with Crippen LogP contribution in [0.3, 0.4) is 0 Å². The van der Waals surface area contributed by atoms with E-state index in [9.17, 15) is 4.79 Å². The molecule has 0 bridgehead atoms. The fourth-order valence-corrected chi connectivity index (χ4v) is 4.70. The van der Waals surface area contributed by atoms with Gasteiger partial charge in [0.1, 0.15) is 17.8 Å². The lowest BCUT2D eigenvalue weighted by Gasteiger charge is -2.29. The number of nitrogens with one attached hydrogen (secondary N) is 1. The van der Waals surface area contributed by atoms with E-state index < -0.39 is 0 Å². The van der Waals surface area contributed by atoms with Crippen molar-refractivity contribution in [2.24, 2.45) is 5.92 Å². The molecular formula is C26H28ClN5O2. The smallest absolute Gasteiger partial charge is 0.308 e. The van der Waals surface area contributed by atoms with Crippen molar-refractivity contribution in [3.8, 4) is 17.3 Å². The van der Waals surface area contributed by atoms with Gasteiger partial charge in [-0.1, -0.05) is 35.9 Å². The van der Waals surface area contributed by atoms with Crippen LogP contribution in [-0.2, 0) is 11.2 Å². The summed E-state index contributed by atoms with van der Waals surface area (Å²) < 4.78 is 8.03. The molecule has 176 valence electrons. The summed E-state index contributed by atoms with van der Waals surface area (Å²) in [4.78, 5) is 24.2. The number of rotatable bonds is 7. The number of oxazole rings is 1. The number of halogens is 1. The second-order valence-electron chi connectivity index (χ2n) is 8.95. The molecule has 0 saturated carbocycles. The molecule has 1 saturated heterocycles. The Kier molecular flexibility index (Phi) is 6.65. The van der Waals surface area contributed by atoms with E-state index >= 15 is 0 Å². The van der Waals surface area contributed by atoms with Gasteiger partial charge < -0.3 is 14.6 Å².